The van der Waals surface area contributed by atoms with Crippen molar-refractivity contribution in [3.63, 3.8) is 0 Å². The van der Waals surface area contributed by atoms with Gasteiger partial charge in [0.25, 0.3) is 5.91 Å². The summed E-state index contributed by atoms with van der Waals surface area (Å²) in [6, 6.07) is 0. The average Bonchev–Trinajstić information content (AvgIpc) is 2.90. The zero-order valence-electron chi connectivity index (χ0n) is 14.1. The predicted molar refractivity (Wildman–Crippen MR) is 84.7 cm³/mol. The maximum Gasteiger partial charge on any atom is 0.274 e. The van der Waals surface area contributed by atoms with Gasteiger partial charge in [-0.05, 0) is 38.5 Å². The predicted octanol–water partition coefficient (Wildman–Crippen LogP) is 2.94. The van der Waals surface area contributed by atoms with Gasteiger partial charge in [0.2, 0.25) is 0 Å². The Bertz CT molecular complexity index is 544. The van der Waals surface area contributed by atoms with Gasteiger partial charge < -0.3 is 9.64 Å². The van der Waals surface area contributed by atoms with Gasteiger partial charge in [0, 0.05) is 25.1 Å². The van der Waals surface area contributed by atoms with Gasteiger partial charge in [-0.2, -0.15) is 5.10 Å². The lowest BCUT2D eigenvalue weighted by molar-refractivity contribution is -0.00703. The average molecular weight is 305 g/mol. The summed E-state index contributed by atoms with van der Waals surface area (Å²) in [6.45, 7) is 10.3. The van der Waals surface area contributed by atoms with Gasteiger partial charge in [0.15, 0.2) is 5.69 Å². The van der Waals surface area contributed by atoms with Crippen LogP contribution < -0.4 is 0 Å². The molecule has 1 N–H and O–H groups in total. The minimum atomic E-state index is -0.0144. The summed E-state index contributed by atoms with van der Waals surface area (Å²) in [5, 5.41) is 7.34. The Morgan fingerprint density at radius 3 is 2.64 bits per heavy atom. The van der Waals surface area contributed by atoms with E-state index in [1.54, 1.807) is 0 Å². The zero-order valence-corrected chi connectivity index (χ0v) is 14.1. The first kappa shape index (κ1) is 15.5. The number of likely N-dealkylation sites (tertiary alicyclic amines) is 1. The minimum absolute atomic E-state index is 0.0144. The van der Waals surface area contributed by atoms with Crippen molar-refractivity contribution in [2.75, 3.05) is 13.1 Å². The first-order chi connectivity index (χ1) is 10.5. The van der Waals surface area contributed by atoms with E-state index in [1.165, 1.54) is 0 Å². The van der Waals surface area contributed by atoms with Crippen LogP contribution in [0.15, 0.2) is 0 Å². The van der Waals surface area contributed by atoms with E-state index in [1.807, 2.05) is 11.8 Å². The molecule has 2 aliphatic rings. The number of amides is 1. The molecule has 5 nitrogen and oxygen atoms in total. The van der Waals surface area contributed by atoms with Crippen molar-refractivity contribution in [3.8, 4) is 0 Å². The monoisotopic (exact) mass is 305 g/mol. The SMILES string of the molecule is CC(C)C1CCN(C(=O)c2n[nH]c3c2C[C@H](C)O[C@@H]3C)CC1. The normalized spacial score (nSPS) is 26.3. The highest BCUT2D eigenvalue weighted by Gasteiger charge is 2.32. The van der Waals surface area contributed by atoms with Gasteiger partial charge in [-0.1, -0.05) is 13.8 Å². The molecule has 0 saturated carbocycles. The van der Waals surface area contributed by atoms with Crippen LogP contribution in [-0.2, 0) is 11.2 Å². The molecule has 2 atom stereocenters. The van der Waals surface area contributed by atoms with Crippen molar-refractivity contribution in [1.29, 1.82) is 0 Å². The smallest absolute Gasteiger partial charge is 0.274 e. The van der Waals surface area contributed by atoms with Crippen LogP contribution >= 0.6 is 0 Å². The Hall–Kier alpha value is -1.36. The molecular formula is C17H27N3O2. The fourth-order valence-corrected chi connectivity index (χ4v) is 3.77. The zero-order chi connectivity index (χ0) is 15.9. The second kappa shape index (κ2) is 6.03. The number of carbonyl (C=O) groups is 1. The number of rotatable bonds is 2. The van der Waals surface area contributed by atoms with Crippen LogP contribution in [0.3, 0.4) is 0 Å². The third-order valence-electron chi connectivity index (χ3n) is 5.21. The fraction of sp³-hybridized carbons (Fsp3) is 0.765. The van der Waals surface area contributed by atoms with E-state index >= 15 is 0 Å². The Kier molecular flexibility index (Phi) is 4.26. The molecule has 1 amide bonds. The standard InChI is InChI=1S/C17H27N3O2/c1-10(2)13-5-7-20(8-6-13)17(21)16-14-9-11(3)22-12(4)15(14)18-19-16/h10-13H,5-9H2,1-4H3,(H,18,19)/t11-,12+/m0/s1. The number of H-pyrrole nitrogens is 1. The number of piperidine rings is 1. The molecule has 0 spiro atoms. The van der Waals surface area contributed by atoms with E-state index in [-0.39, 0.29) is 18.1 Å². The van der Waals surface area contributed by atoms with Crippen molar-refractivity contribution < 1.29 is 9.53 Å². The largest absolute Gasteiger partial charge is 0.369 e. The highest BCUT2D eigenvalue weighted by molar-refractivity contribution is 5.94. The molecule has 0 aromatic carbocycles. The third-order valence-corrected chi connectivity index (χ3v) is 5.21. The van der Waals surface area contributed by atoms with Crippen LogP contribution in [0.1, 0.15) is 68.4 Å². The lowest BCUT2D eigenvalue weighted by Gasteiger charge is -2.34. The molecule has 1 aromatic heterocycles. The van der Waals surface area contributed by atoms with Gasteiger partial charge in [-0.25, -0.2) is 0 Å². The third kappa shape index (κ3) is 2.78. The lowest BCUT2D eigenvalue weighted by Crippen LogP contribution is -2.40. The molecule has 3 rings (SSSR count). The number of nitrogens with one attached hydrogen (secondary N) is 1. The van der Waals surface area contributed by atoms with Crippen LogP contribution in [0.4, 0.5) is 0 Å². The summed E-state index contributed by atoms with van der Waals surface area (Å²) in [7, 11) is 0. The number of aromatic amines is 1. The Morgan fingerprint density at radius 1 is 1.32 bits per heavy atom. The van der Waals surface area contributed by atoms with Crippen molar-refractivity contribution in [2.24, 2.45) is 11.8 Å². The van der Waals surface area contributed by atoms with Gasteiger partial charge in [0.1, 0.15) is 0 Å². The van der Waals surface area contributed by atoms with Crippen molar-refractivity contribution in [2.45, 2.75) is 59.2 Å². The van der Waals surface area contributed by atoms with E-state index < -0.39 is 0 Å². The summed E-state index contributed by atoms with van der Waals surface area (Å²) in [5.74, 6) is 1.53. The summed E-state index contributed by atoms with van der Waals surface area (Å²) in [5.41, 5.74) is 2.64. The highest BCUT2D eigenvalue weighted by Crippen LogP contribution is 2.31. The summed E-state index contributed by atoms with van der Waals surface area (Å²) in [6.07, 6.45) is 3.09. The molecular weight excluding hydrogens is 278 g/mol. The van der Waals surface area contributed by atoms with Gasteiger partial charge in [-0.15, -0.1) is 0 Å². The van der Waals surface area contributed by atoms with Crippen molar-refractivity contribution in [3.05, 3.63) is 17.0 Å². The van der Waals surface area contributed by atoms with Gasteiger partial charge in [0.05, 0.1) is 17.9 Å². The summed E-state index contributed by atoms with van der Waals surface area (Å²) < 4.78 is 5.80. The number of hydrogen-bond acceptors (Lipinski definition) is 3. The topological polar surface area (TPSA) is 58.2 Å². The van der Waals surface area contributed by atoms with E-state index in [0.717, 1.165) is 49.5 Å². The van der Waals surface area contributed by atoms with Crippen molar-refractivity contribution in [1.82, 2.24) is 15.1 Å². The van der Waals surface area contributed by atoms with Crippen LogP contribution in [0.5, 0.6) is 0 Å². The highest BCUT2D eigenvalue weighted by atomic mass is 16.5. The fourth-order valence-electron chi connectivity index (χ4n) is 3.77. The minimum Gasteiger partial charge on any atom is -0.369 e. The lowest BCUT2D eigenvalue weighted by atomic mass is 9.86. The molecule has 2 aliphatic heterocycles. The molecule has 0 radical (unpaired) electrons. The second-order valence-corrected chi connectivity index (χ2v) is 7.13. The molecule has 0 aliphatic carbocycles. The number of carbonyl (C=O) groups excluding carboxylic acids is 1. The van der Waals surface area contributed by atoms with Crippen LogP contribution in [0, 0.1) is 11.8 Å². The van der Waals surface area contributed by atoms with Crippen LogP contribution in [-0.4, -0.2) is 40.2 Å². The molecule has 22 heavy (non-hydrogen) atoms. The molecule has 1 aromatic rings. The number of aromatic nitrogens is 2. The van der Waals surface area contributed by atoms with E-state index in [2.05, 4.69) is 31.0 Å². The Labute approximate surface area is 132 Å². The second-order valence-electron chi connectivity index (χ2n) is 7.13. The van der Waals surface area contributed by atoms with Crippen LogP contribution in [0.25, 0.3) is 0 Å². The number of nitrogens with zero attached hydrogens (tertiary/aromatic N) is 2. The Morgan fingerprint density at radius 2 is 2.00 bits per heavy atom. The number of fused-ring (bicyclic) bond motifs is 1. The number of ether oxygens (including phenoxy) is 1. The first-order valence-corrected chi connectivity index (χ1v) is 8.49. The molecule has 0 unspecified atom stereocenters. The van der Waals surface area contributed by atoms with Crippen LogP contribution in [0.2, 0.25) is 0 Å². The quantitative estimate of drug-likeness (QED) is 0.914. The molecule has 3 heterocycles. The van der Waals surface area contributed by atoms with E-state index in [9.17, 15) is 4.79 Å². The Balaban J connectivity index is 1.74. The maximum absolute atomic E-state index is 12.8. The molecule has 0 bridgehead atoms. The summed E-state index contributed by atoms with van der Waals surface area (Å²) >= 11 is 0. The summed E-state index contributed by atoms with van der Waals surface area (Å²) in [4.78, 5) is 14.8. The molecule has 5 heteroatoms. The maximum atomic E-state index is 12.8. The molecule has 1 fully saturated rings. The molecule has 122 valence electrons. The van der Waals surface area contributed by atoms with Gasteiger partial charge >= 0.3 is 0 Å². The molecule has 1 saturated heterocycles. The first-order valence-electron chi connectivity index (χ1n) is 8.49. The van der Waals surface area contributed by atoms with E-state index in [4.69, 9.17) is 4.74 Å². The van der Waals surface area contributed by atoms with Crippen molar-refractivity contribution >= 4 is 5.91 Å². The number of hydrogen-bond donors (Lipinski definition) is 1. The van der Waals surface area contributed by atoms with Gasteiger partial charge in [-0.3, -0.25) is 9.89 Å². The van der Waals surface area contributed by atoms with E-state index in [0.29, 0.717) is 11.6 Å².